The van der Waals surface area contributed by atoms with Gasteiger partial charge >= 0.3 is 0 Å². The predicted octanol–water partition coefficient (Wildman–Crippen LogP) is 4.97. The molecule has 0 spiro atoms. The van der Waals surface area contributed by atoms with E-state index in [1.54, 1.807) is 0 Å². The van der Waals surface area contributed by atoms with Gasteiger partial charge in [-0.25, -0.2) is 0 Å². The first-order valence-electron chi connectivity index (χ1n) is 5.62. The molecule has 0 amide bonds. The molecule has 0 aromatic rings. The summed E-state index contributed by atoms with van der Waals surface area (Å²) in [6.45, 7) is 13.4. The topological polar surface area (TPSA) is 0 Å². The van der Waals surface area contributed by atoms with Crippen molar-refractivity contribution in [3.63, 3.8) is 0 Å². The van der Waals surface area contributed by atoms with Gasteiger partial charge in [0.2, 0.25) is 0 Å². The van der Waals surface area contributed by atoms with Gasteiger partial charge in [0.1, 0.15) is 0 Å². The number of hydrogen-bond donors (Lipinski definition) is 0. The summed E-state index contributed by atoms with van der Waals surface area (Å²) in [5.41, 5.74) is 0.613. The number of rotatable bonds is 4. The molecule has 0 heteroatoms. The Morgan fingerprint density at radius 1 is 0.857 bits per heavy atom. The quantitative estimate of drug-likeness (QED) is 0.554. The lowest BCUT2D eigenvalue weighted by molar-refractivity contribution is 0.479. The van der Waals surface area contributed by atoms with E-state index in [2.05, 4.69) is 65.8 Å². The van der Waals surface area contributed by atoms with E-state index in [-0.39, 0.29) is 0 Å². The second kappa shape index (κ2) is 5.38. The van der Waals surface area contributed by atoms with Crippen LogP contribution >= 0.6 is 0 Å². The van der Waals surface area contributed by atoms with Gasteiger partial charge < -0.3 is 0 Å². The molecular formula is C14H26. The maximum atomic E-state index is 2.32. The largest absolute Gasteiger partial charge is 0.0883 e. The Bertz CT molecular complexity index is 199. The van der Waals surface area contributed by atoms with Crippen molar-refractivity contribution in [2.24, 2.45) is 10.8 Å². The van der Waals surface area contributed by atoms with E-state index in [1.165, 1.54) is 0 Å². The van der Waals surface area contributed by atoms with Crippen LogP contribution < -0.4 is 0 Å². The van der Waals surface area contributed by atoms with Crippen LogP contribution in [0.2, 0.25) is 0 Å². The van der Waals surface area contributed by atoms with Crippen LogP contribution in [0, 0.1) is 10.8 Å². The standard InChI is InChI=1S/C14H26/c1-7-8-11-14(5,6)12-9-10-13(2,3)4/h8-11H,7,12H2,1-6H3. The maximum absolute atomic E-state index is 2.32. The highest BCUT2D eigenvalue weighted by Crippen LogP contribution is 2.24. The summed E-state index contributed by atoms with van der Waals surface area (Å²) < 4.78 is 0. The zero-order valence-electron chi connectivity index (χ0n) is 10.7. The van der Waals surface area contributed by atoms with Crippen LogP contribution in [0.4, 0.5) is 0 Å². The lowest BCUT2D eigenvalue weighted by Gasteiger charge is -2.19. The molecule has 0 saturated heterocycles. The molecule has 0 rings (SSSR count). The SMILES string of the molecule is CCC=CC(C)(C)CC=CC(C)(C)C. The summed E-state index contributed by atoms with van der Waals surface area (Å²) in [6, 6.07) is 0. The highest BCUT2D eigenvalue weighted by molar-refractivity contribution is 5.01. The Balaban J connectivity index is 4.11. The molecule has 0 bridgehead atoms. The summed E-state index contributed by atoms with van der Waals surface area (Å²) in [7, 11) is 0. The summed E-state index contributed by atoms with van der Waals surface area (Å²) in [5.74, 6) is 0. The normalized spacial score (nSPS) is 14.4. The third kappa shape index (κ3) is 8.10. The fourth-order valence-corrected chi connectivity index (χ4v) is 1.22. The monoisotopic (exact) mass is 194 g/mol. The average molecular weight is 194 g/mol. The van der Waals surface area contributed by atoms with Crippen LogP contribution in [0.3, 0.4) is 0 Å². The van der Waals surface area contributed by atoms with Crippen LogP contribution in [0.25, 0.3) is 0 Å². The van der Waals surface area contributed by atoms with Gasteiger partial charge in [0, 0.05) is 0 Å². The summed E-state index contributed by atoms with van der Waals surface area (Å²) in [5, 5.41) is 0. The maximum Gasteiger partial charge on any atom is -0.0140 e. The van der Waals surface area contributed by atoms with E-state index in [0.717, 1.165) is 12.8 Å². The first kappa shape index (κ1) is 13.5. The molecule has 0 heterocycles. The first-order chi connectivity index (χ1) is 6.27. The molecule has 0 aromatic heterocycles. The van der Waals surface area contributed by atoms with Crippen molar-refractivity contribution in [2.45, 2.75) is 54.4 Å². The molecule has 0 nitrogen and oxygen atoms in total. The number of allylic oxidation sites excluding steroid dienone is 4. The molecule has 0 aliphatic heterocycles. The highest BCUT2D eigenvalue weighted by atomic mass is 14.2. The second-order valence-electron chi connectivity index (χ2n) is 5.77. The second-order valence-corrected chi connectivity index (χ2v) is 5.77. The van der Waals surface area contributed by atoms with Crippen molar-refractivity contribution in [3.05, 3.63) is 24.3 Å². The van der Waals surface area contributed by atoms with Crippen molar-refractivity contribution in [1.82, 2.24) is 0 Å². The summed E-state index contributed by atoms with van der Waals surface area (Å²) in [6.07, 6.45) is 11.4. The smallest absolute Gasteiger partial charge is 0.0140 e. The Kier molecular flexibility index (Phi) is 5.18. The Labute approximate surface area is 90.1 Å². The molecule has 0 aliphatic rings. The predicted molar refractivity (Wildman–Crippen MR) is 66.4 cm³/mol. The van der Waals surface area contributed by atoms with E-state index in [0.29, 0.717) is 10.8 Å². The fraction of sp³-hybridized carbons (Fsp3) is 0.714. The molecule has 0 fully saturated rings. The van der Waals surface area contributed by atoms with Crippen molar-refractivity contribution < 1.29 is 0 Å². The van der Waals surface area contributed by atoms with E-state index < -0.39 is 0 Å². The van der Waals surface area contributed by atoms with Crippen molar-refractivity contribution in [1.29, 1.82) is 0 Å². The zero-order chi connectivity index (χ0) is 11.2. The van der Waals surface area contributed by atoms with Gasteiger partial charge in [-0.2, -0.15) is 0 Å². The highest BCUT2D eigenvalue weighted by Gasteiger charge is 2.11. The van der Waals surface area contributed by atoms with Gasteiger partial charge in [-0.1, -0.05) is 65.8 Å². The van der Waals surface area contributed by atoms with Gasteiger partial charge in [0.15, 0.2) is 0 Å². The molecule has 0 unspecified atom stereocenters. The zero-order valence-corrected chi connectivity index (χ0v) is 10.7. The third-order valence-electron chi connectivity index (χ3n) is 2.07. The van der Waals surface area contributed by atoms with E-state index in [1.807, 2.05) is 0 Å². The first-order valence-corrected chi connectivity index (χ1v) is 5.62. The molecule has 0 saturated carbocycles. The third-order valence-corrected chi connectivity index (χ3v) is 2.07. The lowest BCUT2D eigenvalue weighted by Crippen LogP contribution is -2.06. The van der Waals surface area contributed by atoms with Crippen LogP contribution in [-0.4, -0.2) is 0 Å². The molecular weight excluding hydrogens is 168 g/mol. The fourth-order valence-electron chi connectivity index (χ4n) is 1.22. The van der Waals surface area contributed by atoms with Crippen LogP contribution in [0.15, 0.2) is 24.3 Å². The van der Waals surface area contributed by atoms with E-state index in [9.17, 15) is 0 Å². The van der Waals surface area contributed by atoms with E-state index in [4.69, 9.17) is 0 Å². The molecule has 0 radical (unpaired) electrons. The van der Waals surface area contributed by atoms with Crippen molar-refractivity contribution >= 4 is 0 Å². The van der Waals surface area contributed by atoms with Gasteiger partial charge in [-0.05, 0) is 23.7 Å². The van der Waals surface area contributed by atoms with Crippen LogP contribution in [0.1, 0.15) is 54.4 Å². The molecule has 14 heavy (non-hydrogen) atoms. The number of hydrogen-bond acceptors (Lipinski definition) is 0. The van der Waals surface area contributed by atoms with Gasteiger partial charge in [0.05, 0.1) is 0 Å². The minimum atomic E-state index is 0.303. The Morgan fingerprint density at radius 3 is 1.86 bits per heavy atom. The van der Waals surface area contributed by atoms with Gasteiger partial charge in [0.25, 0.3) is 0 Å². The minimum Gasteiger partial charge on any atom is -0.0883 e. The van der Waals surface area contributed by atoms with Crippen molar-refractivity contribution in [3.8, 4) is 0 Å². The molecule has 82 valence electrons. The van der Waals surface area contributed by atoms with Gasteiger partial charge in [-0.15, -0.1) is 0 Å². The minimum absolute atomic E-state index is 0.303. The van der Waals surface area contributed by atoms with Crippen LogP contribution in [0.5, 0.6) is 0 Å². The Hall–Kier alpha value is -0.520. The summed E-state index contributed by atoms with van der Waals surface area (Å²) in [4.78, 5) is 0. The molecule has 0 aliphatic carbocycles. The van der Waals surface area contributed by atoms with Crippen LogP contribution in [-0.2, 0) is 0 Å². The van der Waals surface area contributed by atoms with E-state index >= 15 is 0 Å². The van der Waals surface area contributed by atoms with Crippen molar-refractivity contribution in [2.75, 3.05) is 0 Å². The Morgan fingerprint density at radius 2 is 1.43 bits per heavy atom. The molecule has 0 aromatic carbocycles. The molecule has 0 N–H and O–H groups in total. The van der Waals surface area contributed by atoms with Gasteiger partial charge in [-0.3, -0.25) is 0 Å². The lowest BCUT2D eigenvalue weighted by atomic mass is 9.87. The summed E-state index contributed by atoms with van der Waals surface area (Å²) >= 11 is 0. The average Bonchev–Trinajstić information content (AvgIpc) is 1.98. The molecule has 0 atom stereocenters.